The molecule has 0 atom stereocenters. The lowest BCUT2D eigenvalue weighted by molar-refractivity contribution is -0.138. The second-order valence-corrected chi connectivity index (χ2v) is 4.17. The Labute approximate surface area is 99.6 Å². The Bertz CT molecular complexity index is 379. The molecule has 0 saturated heterocycles. The fourth-order valence-electron chi connectivity index (χ4n) is 1.33. The van der Waals surface area contributed by atoms with Gasteiger partial charge in [0.05, 0.1) is 10.0 Å². The molecule has 0 spiro atoms. The highest BCUT2D eigenvalue weighted by molar-refractivity contribution is 9.10. The number of hydrogen-bond acceptors (Lipinski definition) is 2. The maximum Gasteiger partial charge on any atom is 0.416 e. The zero-order valence-electron chi connectivity index (χ0n) is 8.53. The molecule has 0 heterocycles. The highest BCUT2D eigenvalue weighted by Gasteiger charge is 2.33. The molecule has 6 heteroatoms. The van der Waals surface area contributed by atoms with E-state index in [1.807, 2.05) is 0 Å². The first-order valence-corrected chi connectivity index (χ1v) is 5.38. The lowest BCUT2D eigenvalue weighted by atomic mass is 10.0. The van der Waals surface area contributed by atoms with Gasteiger partial charge in [-0.2, -0.15) is 13.2 Å². The predicted molar refractivity (Wildman–Crippen MR) is 58.4 cm³/mol. The summed E-state index contributed by atoms with van der Waals surface area (Å²) in [6.07, 6.45) is -4.19. The van der Waals surface area contributed by atoms with Crippen molar-refractivity contribution in [1.82, 2.24) is 5.32 Å². The molecular weight excluding hydrogens is 287 g/mol. The zero-order valence-corrected chi connectivity index (χ0v) is 10.1. The van der Waals surface area contributed by atoms with Gasteiger partial charge in [0.15, 0.2) is 0 Å². The third-order valence-electron chi connectivity index (χ3n) is 2.12. The Morgan fingerprint density at radius 3 is 2.50 bits per heavy atom. The van der Waals surface area contributed by atoms with E-state index in [1.54, 1.807) is 7.05 Å². The van der Waals surface area contributed by atoms with Crippen molar-refractivity contribution < 1.29 is 18.3 Å². The number of halogens is 4. The Kier molecular flexibility index (Phi) is 4.21. The fraction of sp³-hybridized carbons (Fsp3) is 0.400. The molecule has 0 amide bonds. The third-order valence-corrected chi connectivity index (χ3v) is 2.76. The molecule has 16 heavy (non-hydrogen) atoms. The first kappa shape index (κ1) is 13.3. The van der Waals surface area contributed by atoms with E-state index in [4.69, 9.17) is 0 Å². The van der Waals surface area contributed by atoms with Crippen LogP contribution in [0.3, 0.4) is 0 Å². The van der Waals surface area contributed by atoms with Crippen LogP contribution < -0.4 is 5.32 Å². The van der Waals surface area contributed by atoms with Gasteiger partial charge in [-0.25, -0.2) is 0 Å². The molecule has 0 aromatic heterocycles. The van der Waals surface area contributed by atoms with Gasteiger partial charge >= 0.3 is 6.18 Å². The minimum absolute atomic E-state index is 0.159. The first-order chi connectivity index (χ1) is 7.36. The Morgan fingerprint density at radius 1 is 1.38 bits per heavy atom. The van der Waals surface area contributed by atoms with Crippen molar-refractivity contribution >= 4 is 15.9 Å². The van der Waals surface area contributed by atoms with Crippen molar-refractivity contribution in [2.75, 3.05) is 13.6 Å². The topological polar surface area (TPSA) is 32.3 Å². The molecule has 90 valence electrons. The van der Waals surface area contributed by atoms with Crippen LogP contribution in [0, 0.1) is 0 Å². The number of benzene rings is 1. The van der Waals surface area contributed by atoms with Crippen LogP contribution in [-0.4, -0.2) is 18.7 Å². The van der Waals surface area contributed by atoms with Crippen LogP contribution in [0.5, 0.6) is 5.75 Å². The van der Waals surface area contributed by atoms with Gasteiger partial charge in [-0.3, -0.25) is 0 Å². The van der Waals surface area contributed by atoms with E-state index >= 15 is 0 Å². The number of phenols is 1. The van der Waals surface area contributed by atoms with E-state index in [-0.39, 0.29) is 16.5 Å². The lowest BCUT2D eigenvalue weighted by Crippen LogP contribution is -2.15. The van der Waals surface area contributed by atoms with Crippen LogP contribution in [-0.2, 0) is 12.6 Å². The van der Waals surface area contributed by atoms with Crippen LogP contribution in [0.1, 0.15) is 11.1 Å². The van der Waals surface area contributed by atoms with Crippen molar-refractivity contribution in [2.45, 2.75) is 12.6 Å². The van der Waals surface area contributed by atoms with Gasteiger partial charge in [0.25, 0.3) is 0 Å². The number of phenolic OH excluding ortho intramolecular Hbond substituents is 1. The van der Waals surface area contributed by atoms with Gasteiger partial charge in [0.2, 0.25) is 0 Å². The largest absolute Gasteiger partial charge is 0.507 e. The molecule has 0 saturated carbocycles. The average Bonchev–Trinajstić information content (AvgIpc) is 2.17. The normalized spacial score (nSPS) is 11.8. The Balaban J connectivity index is 3.17. The quantitative estimate of drug-likeness (QED) is 0.899. The summed E-state index contributed by atoms with van der Waals surface area (Å²) in [7, 11) is 1.67. The van der Waals surface area contributed by atoms with Gasteiger partial charge in [-0.1, -0.05) is 0 Å². The number of rotatable bonds is 3. The van der Waals surface area contributed by atoms with Gasteiger partial charge in [-0.05, 0) is 53.6 Å². The molecule has 2 N–H and O–H groups in total. The summed E-state index contributed by atoms with van der Waals surface area (Å²) in [5.74, 6) is -0.402. The summed E-state index contributed by atoms with van der Waals surface area (Å²) in [6.45, 7) is 0.445. The van der Waals surface area contributed by atoms with Crippen molar-refractivity contribution in [1.29, 1.82) is 0 Å². The van der Waals surface area contributed by atoms with E-state index in [0.29, 0.717) is 6.54 Å². The standard InChI is InChI=1S/C10H11BrF3NO/c1-15-3-2-6-4-8(11)9(16)5-7(6)10(12,13)14/h4-5,15-16H,2-3H2,1H3. The summed E-state index contributed by atoms with van der Waals surface area (Å²) >= 11 is 3.00. The molecular formula is C10H11BrF3NO. The summed E-state index contributed by atoms with van der Waals surface area (Å²) in [5, 5.41) is 12.0. The molecule has 1 rings (SSSR count). The summed E-state index contributed by atoms with van der Waals surface area (Å²) in [6, 6.07) is 2.05. The van der Waals surface area contributed by atoms with Crippen molar-refractivity contribution in [3.63, 3.8) is 0 Å². The molecule has 2 nitrogen and oxygen atoms in total. The number of aromatic hydroxyl groups is 1. The van der Waals surface area contributed by atoms with E-state index in [9.17, 15) is 18.3 Å². The molecule has 0 aliphatic carbocycles. The lowest BCUT2D eigenvalue weighted by Gasteiger charge is -2.14. The van der Waals surface area contributed by atoms with Crippen molar-refractivity contribution in [2.24, 2.45) is 0 Å². The van der Waals surface area contributed by atoms with E-state index in [1.165, 1.54) is 6.07 Å². The molecule has 0 bridgehead atoms. The van der Waals surface area contributed by atoms with Crippen molar-refractivity contribution in [3.05, 3.63) is 27.7 Å². The molecule has 0 radical (unpaired) electrons. The van der Waals surface area contributed by atoms with Gasteiger partial charge in [-0.15, -0.1) is 0 Å². The fourth-order valence-corrected chi connectivity index (χ4v) is 1.72. The number of likely N-dealkylation sites (N-methyl/N-ethyl adjacent to an activating group) is 1. The van der Waals surface area contributed by atoms with Crippen molar-refractivity contribution in [3.8, 4) is 5.75 Å². The molecule has 0 aliphatic heterocycles. The second-order valence-electron chi connectivity index (χ2n) is 3.31. The van der Waals surface area contributed by atoms with Crippen LogP contribution in [0.2, 0.25) is 0 Å². The minimum Gasteiger partial charge on any atom is -0.507 e. The summed E-state index contributed by atoms with van der Waals surface area (Å²) in [4.78, 5) is 0. The van der Waals surface area contributed by atoms with E-state index in [0.717, 1.165) is 6.07 Å². The number of alkyl halides is 3. The summed E-state index contributed by atoms with van der Waals surface area (Å²) in [5.41, 5.74) is -0.630. The SMILES string of the molecule is CNCCc1cc(Br)c(O)cc1C(F)(F)F. The van der Waals surface area contributed by atoms with E-state index in [2.05, 4.69) is 21.2 Å². The molecule has 0 aliphatic rings. The Hall–Kier alpha value is -0.750. The third kappa shape index (κ3) is 3.12. The monoisotopic (exact) mass is 297 g/mol. The van der Waals surface area contributed by atoms with Crippen LogP contribution in [0.4, 0.5) is 13.2 Å². The summed E-state index contributed by atoms with van der Waals surface area (Å²) < 4.78 is 38.2. The van der Waals surface area contributed by atoms with Crippen LogP contribution in [0.25, 0.3) is 0 Å². The van der Waals surface area contributed by atoms with E-state index < -0.39 is 17.5 Å². The zero-order chi connectivity index (χ0) is 12.3. The highest BCUT2D eigenvalue weighted by atomic mass is 79.9. The molecule has 0 unspecified atom stereocenters. The number of hydrogen-bond donors (Lipinski definition) is 2. The smallest absolute Gasteiger partial charge is 0.416 e. The Morgan fingerprint density at radius 2 is 2.00 bits per heavy atom. The maximum atomic E-state index is 12.6. The predicted octanol–water partition coefficient (Wildman–Crippen LogP) is 2.94. The minimum atomic E-state index is -4.44. The maximum absolute atomic E-state index is 12.6. The molecule has 0 fully saturated rings. The highest BCUT2D eigenvalue weighted by Crippen LogP contribution is 2.37. The average molecular weight is 298 g/mol. The van der Waals surface area contributed by atoms with Gasteiger partial charge in [0, 0.05) is 0 Å². The molecule has 1 aromatic carbocycles. The van der Waals surface area contributed by atoms with Crippen LogP contribution in [0.15, 0.2) is 16.6 Å². The second kappa shape index (κ2) is 5.05. The molecule has 1 aromatic rings. The van der Waals surface area contributed by atoms with Gasteiger partial charge < -0.3 is 10.4 Å². The number of nitrogens with one attached hydrogen (secondary N) is 1. The van der Waals surface area contributed by atoms with Gasteiger partial charge in [0.1, 0.15) is 5.75 Å². The first-order valence-electron chi connectivity index (χ1n) is 4.59. The van der Waals surface area contributed by atoms with Crippen LogP contribution >= 0.6 is 15.9 Å².